The predicted molar refractivity (Wildman–Crippen MR) is 74.8 cm³/mol. The maximum atomic E-state index is 10.9. The van der Waals surface area contributed by atoms with Gasteiger partial charge in [0, 0.05) is 10.9 Å². The number of fused-ring (bicyclic) bond motifs is 2. The standard InChI is InChI=1S/C15H19BrO2/c1-18-13-4-5-14(16)11(7-13)9-15(17)8-10-2-3-12(15)6-10/h4-5,7,10,12,17H,2-3,6,8-9H2,1H3. The van der Waals surface area contributed by atoms with Crippen LogP contribution >= 0.6 is 15.9 Å². The first-order chi connectivity index (χ1) is 8.60. The molecule has 2 aliphatic rings. The number of ether oxygens (including phenoxy) is 1. The lowest BCUT2D eigenvalue weighted by Gasteiger charge is -2.33. The molecule has 2 aliphatic carbocycles. The maximum Gasteiger partial charge on any atom is 0.119 e. The van der Waals surface area contributed by atoms with Crippen LogP contribution in [0.4, 0.5) is 0 Å². The van der Waals surface area contributed by atoms with E-state index in [0.717, 1.165) is 34.5 Å². The Kier molecular flexibility index (Phi) is 3.15. The van der Waals surface area contributed by atoms with Crippen molar-refractivity contribution < 1.29 is 9.84 Å². The third-order valence-corrected chi connectivity index (χ3v) is 5.47. The normalized spacial score (nSPS) is 33.9. The van der Waals surface area contributed by atoms with Crippen LogP contribution in [0, 0.1) is 11.8 Å². The molecule has 0 amide bonds. The van der Waals surface area contributed by atoms with Gasteiger partial charge in [0.2, 0.25) is 0 Å². The van der Waals surface area contributed by atoms with Crippen LogP contribution in [0.5, 0.6) is 5.75 Å². The average molecular weight is 311 g/mol. The van der Waals surface area contributed by atoms with Crippen LogP contribution in [0.1, 0.15) is 31.2 Å². The molecule has 0 aliphatic heterocycles. The largest absolute Gasteiger partial charge is 0.497 e. The maximum absolute atomic E-state index is 10.9. The van der Waals surface area contributed by atoms with E-state index in [2.05, 4.69) is 15.9 Å². The topological polar surface area (TPSA) is 29.5 Å². The number of hydrogen-bond donors (Lipinski definition) is 1. The summed E-state index contributed by atoms with van der Waals surface area (Å²) < 4.78 is 6.34. The van der Waals surface area contributed by atoms with E-state index in [-0.39, 0.29) is 0 Å². The molecule has 2 fully saturated rings. The summed E-state index contributed by atoms with van der Waals surface area (Å²) in [6, 6.07) is 5.98. The Hall–Kier alpha value is -0.540. The molecule has 2 nitrogen and oxygen atoms in total. The van der Waals surface area contributed by atoms with Gasteiger partial charge in [0.25, 0.3) is 0 Å². The molecule has 0 heterocycles. The van der Waals surface area contributed by atoms with Gasteiger partial charge in [-0.1, -0.05) is 15.9 Å². The van der Waals surface area contributed by atoms with Gasteiger partial charge < -0.3 is 9.84 Å². The number of hydrogen-bond acceptors (Lipinski definition) is 2. The van der Waals surface area contributed by atoms with Crippen LogP contribution in [0.25, 0.3) is 0 Å². The van der Waals surface area contributed by atoms with Crippen molar-refractivity contribution in [3.8, 4) is 5.75 Å². The molecule has 3 unspecified atom stereocenters. The highest BCUT2D eigenvalue weighted by Crippen LogP contribution is 2.52. The summed E-state index contributed by atoms with van der Waals surface area (Å²) in [4.78, 5) is 0. The van der Waals surface area contributed by atoms with E-state index in [1.165, 1.54) is 19.3 Å². The monoisotopic (exact) mass is 310 g/mol. The Balaban J connectivity index is 1.84. The number of halogens is 1. The van der Waals surface area contributed by atoms with Crippen LogP contribution in [0.3, 0.4) is 0 Å². The van der Waals surface area contributed by atoms with Crippen molar-refractivity contribution in [1.29, 1.82) is 0 Å². The minimum Gasteiger partial charge on any atom is -0.497 e. The quantitative estimate of drug-likeness (QED) is 0.925. The second-order valence-electron chi connectivity index (χ2n) is 5.82. The second kappa shape index (κ2) is 4.53. The van der Waals surface area contributed by atoms with Crippen molar-refractivity contribution in [3.63, 3.8) is 0 Å². The smallest absolute Gasteiger partial charge is 0.119 e. The molecule has 0 saturated heterocycles. The van der Waals surface area contributed by atoms with E-state index in [1.54, 1.807) is 7.11 Å². The van der Waals surface area contributed by atoms with Gasteiger partial charge in [-0.3, -0.25) is 0 Å². The van der Waals surface area contributed by atoms with Crippen molar-refractivity contribution in [3.05, 3.63) is 28.2 Å². The van der Waals surface area contributed by atoms with Crippen LogP contribution in [-0.2, 0) is 6.42 Å². The van der Waals surface area contributed by atoms with Crippen LogP contribution in [-0.4, -0.2) is 17.8 Å². The fourth-order valence-electron chi connectivity index (χ4n) is 3.77. The van der Waals surface area contributed by atoms with Crippen molar-refractivity contribution in [2.24, 2.45) is 11.8 Å². The number of methoxy groups -OCH3 is 1. The zero-order chi connectivity index (χ0) is 12.8. The van der Waals surface area contributed by atoms with Crippen molar-refractivity contribution >= 4 is 15.9 Å². The van der Waals surface area contributed by atoms with E-state index in [1.807, 2.05) is 18.2 Å². The summed E-state index contributed by atoms with van der Waals surface area (Å²) >= 11 is 3.58. The number of benzene rings is 1. The Morgan fingerprint density at radius 1 is 1.44 bits per heavy atom. The molecule has 0 aromatic heterocycles. The highest BCUT2D eigenvalue weighted by atomic mass is 79.9. The first-order valence-corrected chi connectivity index (χ1v) is 7.45. The molecule has 0 spiro atoms. The van der Waals surface area contributed by atoms with Crippen molar-refractivity contribution in [2.45, 2.75) is 37.7 Å². The Morgan fingerprint density at radius 2 is 2.28 bits per heavy atom. The molecule has 2 bridgehead atoms. The van der Waals surface area contributed by atoms with Gasteiger partial charge in [0.05, 0.1) is 12.7 Å². The van der Waals surface area contributed by atoms with Gasteiger partial charge in [0.1, 0.15) is 5.75 Å². The molecule has 1 N–H and O–H groups in total. The summed E-state index contributed by atoms with van der Waals surface area (Å²) in [5.74, 6) is 2.12. The minimum atomic E-state index is -0.488. The second-order valence-corrected chi connectivity index (χ2v) is 6.67. The highest BCUT2D eigenvalue weighted by molar-refractivity contribution is 9.10. The van der Waals surface area contributed by atoms with E-state index >= 15 is 0 Å². The van der Waals surface area contributed by atoms with Gasteiger partial charge >= 0.3 is 0 Å². The Morgan fingerprint density at radius 3 is 2.89 bits per heavy atom. The molecule has 1 aromatic rings. The fourth-order valence-corrected chi connectivity index (χ4v) is 4.16. The lowest BCUT2D eigenvalue weighted by Crippen LogP contribution is -2.37. The number of aliphatic hydroxyl groups is 1. The average Bonchev–Trinajstić information content (AvgIpc) is 2.92. The SMILES string of the molecule is COc1ccc(Br)c(CC2(O)CC3CCC2C3)c1. The molecular formula is C15H19BrO2. The Bertz CT molecular complexity index is 460. The van der Waals surface area contributed by atoms with Gasteiger partial charge in [-0.15, -0.1) is 0 Å². The molecule has 98 valence electrons. The molecule has 0 radical (unpaired) electrons. The third-order valence-electron chi connectivity index (χ3n) is 4.69. The summed E-state index contributed by atoms with van der Waals surface area (Å²) in [6.45, 7) is 0. The summed E-state index contributed by atoms with van der Waals surface area (Å²) in [5.41, 5.74) is 0.669. The van der Waals surface area contributed by atoms with E-state index < -0.39 is 5.60 Å². The van der Waals surface area contributed by atoms with Crippen LogP contribution < -0.4 is 4.74 Å². The van der Waals surface area contributed by atoms with E-state index in [0.29, 0.717) is 5.92 Å². The molecular weight excluding hydrogens is 292 g/mol. The molecule has 3 atom stereocenters. The third kappa shape index (κ3) is 2.08. The van der Waals surface area contributed by atoms with Gasteiger partial charge in [-0.2, -0.15) is 0 Å². The van der Waals surface area contributed by atoms with Gasteiger partial charge in [-0.05, 0) is 61.3 Å². The first kappa shape index (κ1) is 12.5. The molecule has 3 heteroatoms. The summed E-state index contributed by atoms with van der Waals surface area (Å²) in [5, 5.41) is 10.9. The summed E-state index contributed by atoms with van der Waals surface area (Å²) in [7, 11) is 1.68. The molecule has 2 saturated carbocycles. The van der Waals surface area contributed by atoms with E-state index in [9.17, 15) is 5.11 Å². The number of rotatable bonds is 3. The molecule has 1 aromatic carbocycles. The van der Waals surface area contributed by atoms with Crippen LogP contribution in [0.2, 0.25) is 0 Å². The zero-order valence-electron chi connectivity index (χ0n) is 10.7. The first-order valence-electron chi connectivity index (χ1n) is 6.65. The lowest BCUT2D eigenvalue weighted by atomic mass is 9.80. The van der Waals surface area contributed by atoms with Crippen molar-refractivity contribution in [2.75, 3.05) is 7.11 Å². The van der Waals surface area contributed by atoms with Crippen molar-refractivity contribution in [1.82, 2.24) is 0 Å². The van der Waals surface area contributed by atoms with E-state index in [4.69, 9.17) is 4.74 Å². The molecule has 3 rings (SSSR count). The highest BCUT2D eigenvalue weighted by Gasteiger charge is 2.49. The zero-order valence-corrected chi connectivity index (χ0v) is 12.2. The summed E-state index contributed by atoms with van der Waals surface area (Å²) in [6.07, 6.45) is 5.44. The predicted octanol–water partition coefficient (Wildman–Crippen LogP) is 3.55. The van der Waals surface area contributed by atoms with Gasteiger partial charge in [-0.25, -0.2) is 0 Å². The van der Waals surface area contributed by atoms with Crippen LogP contribution in [0.15, 0.2) is 22.7 Å². The molecule has 18 heavy (non-hydrogen) atoms. The Labute approximate surface area is 116 Å². The fraction of sp³-hybridized carbons (Fsp3) is 0.600. The minimum absolute atomic E-state index is 0.488. The lowest BCUT2D eigenvalue weighted by molar-refractivity contribution is -0.0126. The van der Waals surface area contributed by atoms with Gasteiger partial charge in [0.15, 0.2) is 0 Å².